The van der Waals surface area contributed by atoms with Gasteiger partial charge in [-0.05, 0) is 36.9 Å². The Bertz CT molecular complexity index is 489. The van der Waals surface area contributed by atoms with Gasteiger partial charge in [0.2, 0.25) is 5.91 Å². The molecule has 0 saturated carbocycles. The van der Waals surface area contributed by atoms with Gasteiger partial charge in [-0.1, -0.05) is 24.3 Å². The number of carbonyl (C=O) groups excluding carboxylic acids is 1. The average Bonchev–Trinajstić information content (AvgIpc) is 2.94. The van der Waals surface area contributed by atoms with Crippen LogP contribution in [0.1, 0.15) is 24.0 Å². The normalized spacial score (nSPS) is 22.9. The molecule has 0 unspecified atom stereocenters. The SMILES string of the molecule is O=C(CN1CCC[C@H]1CO)N1CCc2ccccc2C1. The Morgan fingerprint density at radius 3 is 2.85 bits per heavy atom. The van der Waals surface area contributed by atoms with E-state index in [4.69, 9.17) is 0 Å². The second-order valence-electron chi connectivity index (χ2n) is 5.78. The van der Waals surface area contributed by atoms with Gasteiger partial charge in [0.25, 0.3) is 0 Å². The molecule has 0 bridgehead atoms. The van der Waals surface area contributed by atoms with Gasteiger partial charge in [-0.3, -0.25) is 9.69 Å². The average molecular weight is 274 g/mol. The van der Waals surface area contributed by atoms with Crippen molar-refractivity contribution in [1.82, 2.24) is 9.80 Å². The first kappa shape index (κ1) is 13.6. The molecule has 1 fully saturated rings. The van der Waals surface area contributed by atoms with Crippen molar-refractivity contribution < 1.29 is 9.90 Å². The largest absolute Gasteiger partial charge is 0.395 e. The lowest BCUT2D eigenvalue weighted by Gasteiger charge is -2.31. The van der Waals surface area contributed by atoms with E-state index in [1.807, 2.05) is 11.0 Å². The lowest BCUT2D eigenvalue weighted by atomic mass is 10.00. The maximum Gasteiger partial charge on any atom is 0.237 e. The molecule has 0 radical (unpaired) electrons. The Labute approximate surface area is 120 Å². The highest BCUT2D eigenvalue weighted by Gasteiger charge is 2.28. The van der Waals surface area contributed by atoms with Crippen molar-refractivity contribution >= 4 is 5.91 Å². The van der Waals surface area contributed by atoms with E-state index in [1.165, 1.54) is 11.1 Å². The molecule has 1 saturated heterocycles. The van der Waals surface area contributed by atoms with E-state index in [-0.39, 0.29) is 18.6 Å². The summed E-state index contributed by atoms with van der Waals surface area (Å²) in [5, 5.41) is 9.32. The second kappa shape index (κ2) is 5.94. The monoisotopic (exact) mass is 274 g/mol. The standard InChI is InChI=1S/C16H22N2O2/c19-12-15-6-3-8-17(15)11-16(20)18-9-7-13-4-1-2-5-14(13)10-18/h1-2,4-5,15,19H,3,6-12H2/t15-/m0/s1. The highest BCUT2D eigenvalue weighted by Crippen LogP contribution is 2.20. The van der Waals surface area contributed by atoms with Gasteiger partial charge in [0.15, 0.2) is 0 Å². The van der Waals surface area contributed by atoms with Crippen LogP contribution in [-0.2, 0) is 17.8 Å². The van der Waals surface area contributed by atoms with Crippen molar-refractivity contribution in [1.29, 1.82) is 0 Å². The maximum atomic E-state index is 12.4. The first-order valence-electron chi connectivity index (χ1n) is 7.47. The molecule has 2 aliphatic rings. The third-order valence-corrected chi connectivity index (χ3v) is 4.53. The number of aliphatic hydroxyl groups excluding tert-OH is 1. The van der Waals surface area contributed by atoms with Crippen molar-refractivity contribution in [3.63, 3.8) is 0 Å². The Hall–Kier alpha value is -1.39. The molecule has 0 aliphatic carbocycles. The van der Waals surface area contributed by atoms with Crippen LogP contribution < -0.4 is 0 Å². The number of hydrogen-bond donors (Lipinski definition) is 1. The van der Waals surface area contributed by atoms with Gasteiger partial charge >= 0.3 is 0 Å². The number of aliphatic hydroxyl groups is 1. The zero-order valence-corrected chi connectivity index (χ0v) is 11.8. The molecular formula is C16H22N2O2. The van der Waals surface area contributed by atoms with E-state index < -0.39 is 0 Å². The molecule has 1 aromatic rings. The number of carbonyl (C=O) groups is 1. The zero-order valence-electron chi connectivity index (χ0n) is 11.8. The van der Waals surface area contributed by atoms with Crippen LogP contribution in [-0.4, -0.2) is 53.1 Å². The van der Waals surface area contributed by atoms with Gasteiger partial charge in [-0.15, -0.1) is 0 Å². The van der Waals surface area contributed by atoms with Crippen LogP contribution in [0, 0.1) is 0 Å². The Morgan fingerprint density at radius 2 is 2.05 bits per heavy atom. The molecule has 4 heteroatoms. The third kappa shape index (κ3) is 2.72. The van der Waals surface area contributed by atoms with Crippen LogP contribution in [0.25, 0.3) is 0 Å². The summed E-state index contributed by atoms with van der Waals surface area (Å²) in [6.07, 6.45) is 3.04. The van der Waals surface area contributed by atoms with Gasteiger partial charge in [0, 0.05) is 19.1 Å². The highest BCUT2D eigenvalue weighted by atomic mass is 16.3. The molecule has 0 aromatic heterocycles. The van der Waals surface area contributed by atoms with Crippen molar-refractivity contribution in [2.24, 2.45) is 0 Å². The minimum atomic E-state index is 0.163. The highest BCUT2D eigenvalue weighted by molar-refractivity contribution is 5.78. The zero-order chi connectivity index (χ0) is 13.9. The van der Waals surface area contributed by atoms with Gasteiger partial charge in [-0.25, -0.2) is 0 Å². The van der Waals surface area contributed by atoms with E-state index in [1.54, 1.807) is 0 Å². The third-order valence-electron chi connectivity index (χ3n) is 4.53. The lowest BCUT2D eigenvalue weighted by Crippen LogP contribution is -2.44. The summed E-state index contributed by atoms with van der Waals surface area (Å²) in [6.45, 7) is 3.09. The molecule has 1 N–H and O–H groups in total. The van der Waals surface area contributed by atoms with Crippen molar-refractivity contribution in [3.8, 4) is 0 Å². The number of likely N-dealkylation sites (tertiary alicyclic amines) is 1. The summed E-state index contributed by atoms with van der Waals surface area (Å²) in [6, 6.07) is 8.54. The van der Waals surface area contributed by atoms with E-state index >= 15 is 0 Å². The fourth-order valence-electron chi connectivity index (χ4n) is 3.29. The van der Waals surface area contributed by atoms with Crippen molar-refractivity contribution in [2.45, 2.75) is 31.8 Å². The number of amides is 1. The number of benzene rings is 1. The predicted octanol–water partition coefficient (Wildman–Crippen LogP) is 1.03. The van der Waals surface area contributed by atoms with Crippen LogP contribution >= 0.6 is 0 Å². The summed E-state index contributed by atoms with van der Waals surface area (Å²) in [4.78, 5) is 16.5. The van der Waals surface area contributed by atoms with Crippen LogP contribution in [0.3, 0.4) is 0 Å². The predicted molar refractivity (Wildman–Crippen MR) is 77.2 cm³/mol. The van der Waals surface area contributed by atoms with Crippen molar-refractivity contribution in [2.75, 3.05) is 26.2 Å². The lowest BCUT2D eigenvalue weighted by molar-refractivity contribution is -0.133. The molecule has 1 atom stereocenters. The maximum absolute atomic E-state index is 12.4. The van der Waals surface area contributed by atoms with Crippen LogP contribution in [0.15, 0.2) is 24.3 Å². The summed E-state index contributed by atoms with van der Waals surface area (Å²) < 4.78 is 0. The molecule has 1 amide bonds. The van der Waals surface area contributed by atoms with Gasteiger partial charge < -0.3 is 10.0 Å². The first-order chi connectivity index (χ1) is 9.78. The molecule has 20 heavy (non-hydrogen) atoms. The molecule has 3 rings (SSSR count). The molecule has 108 valence electrons. The quantitative estimate of drug-likeness (QED) is 0.895. The Morgan fingerprint density at radius 1 is 1.25 bits per heavy atom. The van der Waals surface area contributed by atoms with E-state index in [0.717, 1.165) is 38.9 Å². The Kier molecular flexibility index (Phi) is 4.03. The van der Waals surface area contributed by atoms with Crippen LogP contribution in [0.4, 0.5) is 0 Å². The van der Waals surface area contributed by atoms with E-state index in [2.05, 4.69) is 23.1 Å². The summed E-state index contributed by atoms with van der Waals surface area (Å²) >= 11 is 0. The van der Waals surface area contributed by atoms with Crippen LogP contribution in [0.2, 0.25) is 0 Å². The van der Waals surface area contributed by atoms with Gasteiger partial charge in [0.1, 0.15) is 0 Å². The van der Waals surface area contributed by atoms with E-state index in [0.29, 0.717) is 6.54 Å². The first-order valence-corrected chi connectivity index (χ1v) is 7.47. The van der Waals surface area contributed by atoms with Crippen molar-refractivity contribution in [3.05, 3.63) is 35.4 Å². The fourth-order valence-corrected chi connectivity index (χ4v) is 3.29. The number of rotatable bonds is 3. The smallest absolute Gasteiger partial charge is 0.237 e. The minimum Gasteiger partial charge on any atom is -0.395 e. The summed E-state index contributed by atoms with van der Waals surface area (Å²) in [5.41, 5.74) is 2.64. The molecule has 0 spiro atoms. The number of nitrogens with zero attached hydrogens (tertiary/aromatic N) is 2. The summed E-state index contributed by atoms with van der Waals surface area (Å²) in [5.74, 6) is 0.194. The molecule has 2 heterocycles. The second-order valence-corrected chi connectivity index (χ2v) is 5.78. The molecule has 2 aliphatic heterocycles. The molecular weight excluding hydrogens is 252 g/mol. The topological polar surface area (TPSA) is 43.8 Å². The van der Waals surface area contributed by atoms with E-state index in [9.17, 15) is 9.90 Å². The molecule has 4 nitrogen and oxygen atoms in total. The van der Waals surface area contributed by atoms with Crippen LogP contribution in [0.5, 0.6) is 0 Å². The number of hydrogen-bond acceptors (Lipinski definition) is 3. The number of fused-ring (bicyclic) bond motifs is 1. The van der Waals surface area contributed by atoms with Gasteiger partial charge in [0.05, 0.1) is 13.2 Å². The minimum absolute atomic E-state index is 0.163. The fraction of sp³-hybridized carbons (Fsp3) is 0.562. The summed E-state index contributed by atoms with van der Waals surface area (Å²) in [7, 11) is 0. The Balaban J connectivity index is 1.61. The molecule has 1 aromatic carbocycles. The van der Waals surface area contributed by atoms with Gasteiger partial charge in [-0.2, -0.15) is 0 Å².